The van der Waals surface area contributed by atoms with Crippen molar-refractivity contribution < 1.29 is 0 Å². The van der Waals surface area contributed by atoms with Gasteiger partial charge in [-0.25, -0.2) is 0 Å². The molecule has 2 N–H and O–H groups in total. The second-order valence-corrected chi connectivity index (χ2v) is 3.34. The van der Waals surface area contributed by atoms with Gasteiger partial charge in [-0.2, -0.15) is 0 Å². The van der Waals surface area contributed by atoms with Crippen molar-refractivity contribution in [3.63, 3.8) is 0 Å². The lowest BCUT2D eigenvalue weighted by molar-refractivity contribution is 0.450. The minimum Gasteiger partial charge on any atom is -0.335 e. The fourth-order valence-electron chi connectivity index (χ4n) is 1.15. The minimum absolute atomic E-state index is 0.0928. The Morgan fingerprint density at radius 1 is 1.36 bits per heavy atom. The fourth-order valence-corrected chi connectivity index (χ4v) is 1.32. The van der Waals surface area contributed by atoms with E-state index in [4.69, 9.17) is 0 Å². The normalized spacial score (nSPS) is 27.7. The zero-order valence-corrected chi connectivity index (χ0v) is 9.67. The van der Waals surface area contributed by atoms with E-state index in [0.29, 0.717) is 0 Å². The van der Waals surface area contributed by atoms with Crippen LogP contribution < -0.4 is 10.6 Å². The standard InChI is InChI=1S/C8H17N5S/c1-4-9-7-11-6(3)13(14)8(12-7)10-5-2/h6,14H,4-5H2,1-3H3,(H2,9,10,11,12). The number of rotatable bonds is 2. The predicted molar refractivity (Wildman–Crippen MR) is 62.5 cm³/mol. The van der Waals surface area contributed by atoms with Crippen LogP contribution in [0.4, 0.5) is 0 Å². The molecule has 1 saturated heterocycles. The summed E-state index contributed by atoms with van der Waals surface area (Å²) in [5, 5.41) is 6.24. The van der Waals surface area contributed by atoms with Crippen LogP contribution in [0.5, 0.6) is 0 Å². The monoisotopic (exact) mass is 215 g/mol. The van der Waals surface area contributed by atoms with E-state index in [1.165, 1.54) is 0 Å². The van der Waals surface area contributed by atoms with Gasteiger partial charge < -0.3 is 5.32 Å². The maximum absolute atomic E-state index is 4.32. The third-order valence-corrected chi connectivity index (χ3v) is 2.32. The molecule has 1 aliphatic heterocycles. The summed E-state index contributed by atoms with van der Waals surface area (Å²) in [5.41, 5.74) is 0. The quantitative estimate of drug-likeness (QED) is 0.585. The number of nitrogens with zero attached hydrogens (tertiary/aromatic N) is 3. The first kappa shape index (κ1) is 11.2. The van der Waals surface area contributed by atoms with Crippen LogP contribution in [-0.2, 0) is 0 Å². The molecular formula is C8H17N5S. The molecule has 14 heavy (non-hydrogen) atoms. The first-order chi connectivity index (χ1) is 6.69. The van der Waals surface area contributed by atoms with Gasteiger partial charge in [0.1, 0.15) is 6.17 Å². The molecule has 1 atom stereocenters. The largest absolute Gasteiger partial charge is 0.335 e. The number of hydrogen-bond donors (Lipinski definition) is 3. The molecule has 5 nitrogen and oxygen atoms in total. The van der Waals surface area contributed by atoms with E-state index < -0.39 is 0 Å². The summed E-state index contributed by atoms with van der Waals surface area (Å²) in [7, 11) is 0. The average Bonchev–Trinajstić information content (AvgIpc) is 2.14. The molecule has 0 spiro atoms. The van der Waals surface area contributed by atoms with Gasteiger partial charge in [-0.15, -0.1) is 0 Å². The second-order valence-electron chi connectivity index (χ2n) is 2.91. The van der Waals surface area contributed by atoms with E-state index in [2.05, 4.69) is 33.4 Å². The lowest BCUT2D eigenvalue weighted by atomic mass is 10.5. The van der Waals surface area contributed by atoms with Crippen LogP contribution in [-0.4, -0.2) is 35.5 Å². The van der Waals surface area contributed by atoms with Gasteiger partial charge in [0.2, 0.25) is 5.96 Å². The summed E-state index contributed by atoms with van der Waals surface area (Å²) >= 11 is 4.32. The minimum atomic E-state index is 0.0928. The van der Waals surface area contributed by atoms with Crippen molar-refractivity contribution in [2.45, 2.75) is 26.9 Å². The second kappa shape index (κ2) is 5.09. The summed E-state index contributed by atoms with van der Waals surface area (Å²) in [5.74, 6) is 1.51. The van der Waals surface area contributed by atoms with Crippen molar-refractivity contribution in [3.05, 3.63) is 0 Å². The van der Waals surface area contributed by atoms with Gasteiger partial charge in [0.05, 0.1) is 0 Å². The van der Waals surface area contributed by atoms with Crippen molar-refractivity contribution in [1.82, 2.24) is 14.9 Å². The van der Waals surface area contributed by atoms with Crippen LogP contribution in [0.3, 0.4) is 0 Å². The van der Waals surface area contributed by atoms with Gasteiger partial charge in [0.25, 0.3) is 0 Å². The van der Waals surface area contributed by atoms with Gasteiger partial charge in [0.15, 0.2) is 5.96 Å². The Kier molecular flexibility index (Phi) is 4.06. The molecule has 0 bridgehead atoms. The summed E-state index contributed by atoms with van der Waals surface area (Å²) in [6.07, 6.45) is 0.0928. The molecule has 80 valence electrons. The molecule has 6 heteroatoms. The number of thiol groups is 1. The maximum atomic E-state index is 4.32. The summed E-state index contributed by atoms with van der Waals surface area (Å²) in [6.45, 7) is 7.45. The Labute approximate surface area is 90.2 Å². The highest BCUT2D eigenvalue weighted by Gasteiger charge is 2.22. The number of hydrogen-bond acceptors (Lipinski definition) is 3. The first-order valence-corrected chi connectivity index (χ1v) is 5.19. The maximum Gasteiger partial charge on any atom is 0.212 e. The van der Waals surface area contributed by atoms with Gasteiger partial charge in [0, 0.05) is 13.1 Å². The van der Waals surface area contributed by atoms with Crippen molar-refractivity contribution in [1.29, 1.82) is 0 Å². The summed E-state index contributed by atoms with van der Waals surface area (Å²) in [4.78, 5) is 8.54. The Hall–Kier alpha value is -0.910. The topological polar surface area (TPSA) is 52.0 Å². The highest BCUT2D eigenvalue weighted by Crippen LogP contribution is 2.04. The molecule has 0 saturated carbocycles. The van der Waals surface area contributed by atoms with E-state index in [0.717, 1.165) is 25.0 Å². The van der Waals surface area contributed by atoms with Crippen molar-refractivity contribution in [3.8, 4) is 0 Å². The van der Waals surface area contributed by atoms with Crippen LogP contribution in [0.2, 0.25) is 0 Å². The molecule has 1 unspecified atom stereocenters. The fraction of sp³-hybridized carbons (Fsp3) is 0.750. The number of aliphatic imine (C=N–C) groups is 2. The van der Waals surface area contributed by atoms with E-state index in [9.17, 15) is 0 Å². The number of nitrogens with one attached hydrogen (secondary N) is 2. The van der Waals surface area contributed by atoms with E-state index in [1.54, 1.807) is 4.31 Å². The summed E-state index contributed by atoms with van der Waals surface area (Å²) in [6, 6.07) is 0. The van der Waals surface area contributed by atoms with Gasteiger partial charge in [-0.3, -0.25) is 19.6 Å². The predicted octanol–water partition coefficient (Wildman–Crippen LogP) is 0.424. The average molecular weight is 215 g/mol. The van der Waals surface area contributed by atoms with Crippen LogP contribution in [0.25, 0.3) is 0 Å². The lowest BCUT2D eigenvalue weighted by Gasteiger charge is -2.34. The Balaban J connectivity index is 2.76. The molecule has 0 amide bonds. The van der Waals surface area contributed by atoms with Gasteiger partial charge in [-0.05, 0) is 20.8 Å². The van der Waals surface area contributed by atoms with Gasteiger partial charge in [-0.1, -0.05) is 12.8 Å². The smallest absolute Gasteiger partial charge is 0.212 e. The van der Waals surface area contributed by atoms with Crippen molar-refractivity contribution >= 4 is 24.7 Å². The molecule has 1 rings (SSSR count). The Morgan fingerprint density at radius 3 is 2.57 bits per heavy atom. The van der Waals surface area contributed by atoms with Crippen LogP contribution in [0.15, 0.2) is 9.98 Å². The number of guanidine groups is 2. The molecule has 1 heterocycles. The van der Waals surface area contributed by atoms with E-state index >= 15 is 0 Å². The van der Waals surface area contributed by atoms with Crippen LogP contribution in [0, 0.1) is 0 Å². The molecule has 0 aromatic carbocycles. The molecule has 0 radical (unpaired) electrons. The van der Waals surface area contributed by atoms with Gasteiger partial charge >= 0.3 is 0 Å². The molecule has 0 aliphatic carbocycles. The highest BCUT2D eigenvalue weighted by molar-refractivity contribution is 7.78. The van der Waals surface area contributed by atoms with Crippen molar-refractivity contribution in [2.75, 3.05) is 13.1 Å². The zero-order chi connectivity index (χ0) is 10.6. The molecule has 0 aromatic rings. The van der Waals surface area contributed by atoms with E-state index in [1.807, 2.05) is 20.8 Å². The third kappa shape index (κ3) is 2.54. The third-order valence-electron chi connectivity index (χ3n) is 1.78. The first-order valence-electron chi connectivity index (χ1n) is 4.79. The Bertz CT molecular complexity index is 250. The van der Waals surface area contributed by atoms with Crippen LogP contribution >= 0.6 is 12.8 Å². The molecule has 1 fully saturated rings. The van der Waals surface area contributed by atoms with Crippen molar-refractivity contribution in [2.24, 2.45) is 9.98 Å². The molecule has 0 aromatic heterocycles. The molecule has 1 aliphatic rings. The lowest BCUT2D eigenvalue weighted by Crippen LogP contribution is -2.60. The SMILES string of the molecule is CCN=C1NC(=NCC)N(S)C(C)N1. The zero-order valence-electron chi connectivity index (χ0n) is 8.78. The van der Waals surface area contributed by atoms with Crippen LogP contribution in [0.1, 0.15) is 20.8 Å². The summed E-state index contributed by atoms with van der Waals surface area (Å²) < 4.78 is 1.75. The highest BCUT2D eigenvalue weighted by atomic mass is 32.1. The Morgan fingerprint density at radius 2 is 2.00 bits per heavy atom. The molecular weight excluding hydrogens is 198 g/mol. The van der Waals surface area contributed by atoms with E-state index in [-0.39, 0.29) is 6.17 Å².